The lowest BCUT2D eigenvalue weighted by Crippen LogP contribution is -2.27. The third kappa shape index (κ3) is 3.35. The number of para-hydroxylation sites is 1. The highest BCUT2D eigenvalue weighted by molar-refractivity contribution is 6.32. The van der Waals surface area contributed by atoms with Crippen molar-refractivity contribution in [3.8, 4) is 5.69 Å². The fourth-order valence-electron chi connectivity index (χ4n) is 2.28. The van der Waals surface area contributed by atoms with Crippen molar-refractivity contribution in [3.63, 3.8) is 0 Å². The zero-order valence-corrected chi connectivity index (χ0v) is 12.9. The molecule has 0 aliphatic carbocycles. The summed E-state index contributed by atoms with van der Waals surface area (Å²) in [7, 11) is 0. The number of anilines is 1. The summed E-state index contributed by atoms with van der Waals surface area (Å²) in [5.41, 5.74) is 7.05. The molecule has 0 bridgehead atoms. The number of carbonyl (C=O) groups excluding carboxylic acids is 1. The number of rotatable bonds is 5. The van der Waals surface area contributed by atoms with Gasteiger partial charge in [-0.3, -0.25) is 4.79 Å². The minimum Gasteiger partial charge on any atom is -0.368 e. The molecule has 0 aliphatic rings. The van der Waals surface area contributed by atoms with Crippen LogP contribution < -0.4 is 11.1 Å². The molecule has 0 aliphatic heterocycles. The number of benzene rings is 2. The molecule has 0 fully saturated rings. The van der Waals surface area contributed by atoms with Crippen molar-refractivity contribution in [2.45, 2.75) is 6.04 Å². The van der Waals surface area contributed by atoms with E-state index >= 15 is 0 Å². The van der Waals surface area contributed by atoms with Crippen molar-refractivity contribution in [2.24, 2.45) is 5.73 Å². The molecule has 1 heterocycles. The molecule has 3 rings (SSSR count). The molecule has 0 saturated heterocycles. The first-order valence-electron chi connectivity index (χ1n) is 7.06. The topological polar surface area (TPSA) is 72.9 Å². The summed E-state index contributed by atoms with van der Waals surface area (Å²) < 4.78 is 1.65. The number of carbonyl (C=O) groups is 1. The van der Waals surface area contributed by atoms with Crippen LogP contribution in [-0.4, -0.2) is 15.7 Å². The molecule has 5 nitrogen and oxygen atoms in total. The highest BCUT2D eigenvalue weighted by Gasteiger charge is 2.18. The molecule has 1 aromatic heterocycles. The number of nitrogens with two attached hydrogens (primary N) is 1. The van der Waals surface area contributed by atoms with Gasteiger partial charge in [-0.05, 0) is 17.7 Å². The summed E-state index contributed by atoms with van der Waals surface area (Å²) in [6.07, 6.45) is 1.77. The Kier molecular flexibility index (Phi) is 4.30. The molecule has 0 saturated carbocycles. The Labute approximate surface area is 138 Å². The first-order chi connectivity index (χ1) is 11.1. The summed E-state index contributed by atoms with van der Waals surface area (Å²) >= 11 is 6.16. The van der Waals surface area contributed by atoms with Crippen LogP contribution >= 0.6 is 11.6 Å². The number of hydrogen-bond acceptors (Lipinski definition) is 3. The molecule has 23 heavy (non-hydrogen) atoms. The largest absolute Gasteiger partial charge is 0.368 e. The van der Waals surface area contributed by atoms with Gasteiger partial charge in [-0.25, -0.2) is 4.68 Å². The number of aromatic nitrogens is 2. The van der Waals surface area contributed by atoms with Crippen LogP contribution in [0.2, 0.25) is 5.02 Å². The van der Waals surface area contributed by atoms with E-state index in [2.05, 4.69) is 10.4 Å². The van der Waals surface area contributed by atoms with E-state index in [4.69, 9.17) is 17.3 Å². The van der Waals surface area contributed by atoms with Crippen molar-refractivity contribution < 1.29 is 4.79 Å². The first kappa shape index (κ1) is 15.1. The van der Waals surface area contributed by atoms with Gasteiger partial charge in [0.2, 0.25) is 5.91 Å². The van der Waals surface area contributed by atoms with Gasteiger partial charge in [-0.1, -0.05) is 54.1 Å². The Balaban J connectivity index is 1.86. The van der Waals surface area contributed by atoms with Crippen molar-refractivity contribution in [1.82, 2.24) is 9.78 Å². The highest BCUT2D eigenvalue weighted by atomic mass is 35.5. The van der Waals surface area contributed by atoms with Crippen molar-refractivity contribution in [3.05, 3.63) is 77.4 Å². The van der Waals surface area contributed by atoms with Gasteiger partial charge < -0.3 is 11.1 Å². The van der Waals surface area contributed by atoms with Crippen LogP contribution in [0.1, 0.15) is 11.6 Å². The Morgan fingerprint density at radius 3 is 2.48 bits per heavy atom. The lowest BCUT2D eigenvalue weighted by Gasteiger charge is -2.15. The quantitative estimate of drug-likeness (QED) is 0.756. The maximum Gasteiger partial charge on any atom is 0.244 e. The molecule has 1 amide bonds. The number of nitrogens with zero attached hydrogens (tertiary/aromatic N) is 2. The molecule has 1 atom stereocenters. The predicted molar refractivity (Wildman–Crippen MR) is 90.6 cm³/mol. The van der Waals surface area contributed by atoms with E-state index < -0.39 is 11.9 Å². The van der Waals surface area contributed by atoms with E-state index in [9.17, 15) is 4.79 Å². The molecule has 116 valence electrons. The molecule has 6 heteroatoms. The Hall–Kier alpha value is -2.79. The van der Waals surface area contributed by atoms with Gasteiger partial charge in [0.15, 0.2) is 0 Å². The van der Waals surface area contributed by atoms with Gasteiger partial charge in [0.25, 0.3) is 0 Å². The predicted octanol–water partition coefficient (Wildman–Crippen LogP) is 3.16. The molecule has 3 N–H and O–H groups in total. The molecule has 3 aromatic rings. The molecular weight excluding hydrogens is 312 g/mol. The van der Waals surface area contributed by atoms with E-state index in [0.29, 0.717) is 10.8 Å². The van der Waals surface area contributed by atoms with Gasteiger partial charge in [0, 0.05) is 12.3 Å². The lowest BCUT2D eigenvalue weighted by atomic mass is 10.1. The van der Waals surface area contributed by atoms with Gasteiger partial charge in [-0.2, -0.15) is 5.10 Å². The molecule has 0 unspecified atom stereocenters. The number of primary amides is 1. The number of halogens is 1. The average Bonchev–Trinajstić information content (AvgIpc) is 3.02. The maximum absolute atomic E-state index is 11.7. The second kappa shape index (κ2) is 6.54. The summed E-state index contributed by atoms with van der Waals surface area (Å²) in [6, 6.07) is 17.8. The Morgan fingerprint density at radius 1 is 1.09 bits per heavy atom. The van der Waals surface area contributed by atoms with Crippen LogP contribution in [0.5, 0.6) is 0 Å². The van der Waals surface area contributed by atoms with Gasteiger partial charge in [0.1, 0.15) is 11.9 Å². The third-order valence-electron chi connectivity index (χ3n) is 3.40. The minimum absolute atomic E-state index is 0.469. The second-order valence-corrected chi connectivity index (χ2v) is 5.39. The van der Waals surface area contributed by atoms with E-state index in [1.807, 2.05) is 48.5 Å². The summed E-state index contributed by atoms with van der Waals surface area (Å²) in [6.45, 7) is 0. The average molecular weight is 327 g/mol. The summed E-state index contributed by atoms with van der Waals surface area (Å²) in [5.74, 6) is 0.0704. The number of amides is 1. The fraction of sp³-hybridized carbons (Fsp3) is 0.0588. The van der Waals surface area contributed by atoms with Crippen LogP contribution in [0.3, 0.4) is 0 Å². The van der Waals surface area contributed by atoms with Crippen LogP contribution in [0.15, 0.2) is 66.9 Å². The van der Waals surface area contributed by atoms with E-state index in [1.54, 1.807) is 23.0 Å². The highest BCUT2D eigenvalue weighted by Crippen LogP contribution is 2.22. The van der Waals surface area contributed by atoms with Crippen molar-refractivity contribution >= 4 is 23.3 Å². The normalized spacial score (nSPS) is 11.9. The smallest absolute Gasteiger partial charge is 0.244 e. The van der Waals surface area contributed by atoms with Crippen molar-refractivity contribution in [1.29, 1.82) is 0 Å². The monoisotopic (exact) mass is 326 g/mol. The minimum atomic E-state index is -0.647. The standard InChI is InChI=1S/C17H15ClN4O/c18-13-8-4-5-9-14(13)22-11-10-15(21-22)20-16(17(19)23)12-6-2-1-3-7-12/h1-11,16H,(H2,19,23)(H,20,21)/t16-/m0/s1. The van der Waals surface area contributed by atoms with Gasteiger partial charge in [-0.15, -0.1) is 0 Å². The van der Waals surface area contributed by atoms with Crippen LogP contribution in [-0.2, 0) is 4.79 Å². The summed E-state index contributed by atoms with van der Waals surface area (Å²) in [4.78, 5) is 11.7. The number of nitrogens with one attached hydrogen (secondary N) is 1. The Morgan fingerprint density at radius 2 is 1.78 bits per heavy atom. The molecule has 2 aromatic carbocycles. The van der Waals surface area contributed by atoms with E-state index in [0.717, 1.165) is 11.3 Å². The molecule has 0 spiro atoms. The zero-order valence-electron chi connectivity index (χ0n) is 12.2. The van der Waals surface area contributed by atoms with Crippen molar-refractivity contribution in [2.75, 3.05) is 5.32 Å². The number of hydrogen-bond donors (Lipinski definition) is 2. The summed E-state index contributed by atoms with van der Waals surface area (Å²) in [5, 5.41) is 8.05. The van der Waals surface area contributed by atoms with Crippen LogP contribution in [0.4, 0.5) is 5.82 Å². The Bertz CT molecular complexity index is 816. The van der Waals surface area contributed by atoms with Crippen LogP contribution in [0.25, 0.3) is 5.69 Å². The SMILES string of the molecule is NC(=O)[C@@H](Nc1ccn(-c2ccccc2Cl)n1)c1ccccc1. The first-order valence-corrected chi connectivity index (χ1v) is 7.44. The maximum atomic E-state index is 11.7. The zero-order chi connectivity index (χ0) is 16.2. The fourth-order valence-corrected chi connectivity index (χ4v) is 2.51. The molecule has 0 radical (unpaired) electrons. The van der Waals surface area contributed by atoms with Gasteiger partial charge >= 0.3 is 0 Å². The third-order valence-corrected chi connectivity index (χ3v) is 3.72. The molecular formula is C17H15ClN4O. The lowest BCUT2D eigenvalue weighted by molar-refractivity contribution is -0.118. The van der Waals surface area contributed by atoms with E-state index in [1.165, 1.54) is 0 Å². The van der Waals surface area contributed by atoms with Gasteiger partial charge in [0.05, 0.1) is 10.7 Å². The van der Waals surface area contributed by atoms with E-state index in [-0.39, 0.29) is 0 Å². The van der Waals surface area contributed by atoms with Crippen LogP contribution in [0, 0.1) is 0 Å². The second-order valence-electron chi connectivity index (χ2n) is 4.99.